The molecule has 2 saturated heterocycles. The van der Waals surface area contributed by atoms with Crippen molar-refractivity contribution >= 4 is 48.1 Å². The van der Waals surface area contributed by atoms with E-state index in [4.69, 9.17) is 14.2 Å². The molecule has 16 heteroatoms. The molecule has 4 unspecified atom stereocenters. The van der Waals surface area contributed by atoms with Crippen LogP contribution in [-0.4, -0.2) is 77.3 Å². The summed E-state index contributed by atoms with van der Waals surface area (Å²) in [6.45, 7) is -0.132. The third-order valence-electron chi connectivity index (χ3n) is 7.76. The third-order valence-corrected chi connectivity index (χ3v) is 10.9. The number of amidine groups is 1. The Labute approximate surface area is 240 Å². The van der Waals surface area contributed by atoms with Crippen LogP contribution in [0.4, 0.5) is 5.00 Å². The normalized spacial score (nSPS) is 26.4. The van der Waals surface area contributed by atoms with Gasteiger partial charge in [-0.2, -0.15) is 8.42 Å². The van der Waals surface area contributed by atoms with Gasteiger partial charge in [-0.15, -0.1) is 15.7 Å². The Morgan fingerprint density at radius 2 is 1.98 bits per heavy atom. The number of fused-ring (bicyclic) bond motifs is 6. The number of hydrogen-bond donors (Lipinski definition) is 3. The molecule has 13 nitrogen and oxygen atoms in total. The molecule has 3 N–H and O–H groups in total. The highest BCUT2D eigenvalue weighted by atomic mass is 32.2. The first-order chi connectivity index (χ1) is 19.4. The van der Waals surface area contributed by atoms with Gasteiger partial charge in [-0.3, -0.25) is 4.79 Å². The number of methoxy groups -OCH3 is 2. The highest BCUT2D eigenvalue weighted by Crippen LogP contribution is 2.49. The summed E-state index contributed by atoms with van der Waals surface area (Å²) in [5.74, 6) is -0.621. The molecule has 1 aromatic carbocycles. The first-order valence-corrected chi connectivity index (χ1v) is 16.9. The van der Waals surface area contributed by atoms with Crippen molar-refractivity contribution in [2.24, 2.45) is 10.3 Å². The van der Waals surface area contributed by atoms with Gasteiger partial charge in [0.1, 0.15) is 32.7 Å². The van der Waals surface area contributed by atoms with Gasteiger partial charge >= 0.3 is 0 Å². The van der Waals surface area contributed by atoms with Crippen LogP contribution in [0.3, 0.4) is 0 Å². The molecular formula is C25H28N4O9S3. The number of nitrogens with one attached hydrogen (secondary N) is 2. The Morgan fingerprint density at radius 3 is 2.68 bits per heavy atom. The minimum atomic E-state index is -4.35. The molecule has 41 heavy (non-hydrogen) atoms. The fraction of sp³-hybridized carbons (Fsp3) is 0.440. The predicted molar refractivity (Wildman–Crippen MR) is 149 cm³/mol. The molecule has 4 atom stereocenters. The van der Waals surface area contributed by atoms with Crippen LogP contribution in [0.2, 0.25) is 0 Å². The Hall–Kier alpha value is -3.18. The summed E-state index contributed by atoms with van der Waals surface area (Å²) in [5.41, 5.74) is 0.667. The number of thiophene rings is 1. The second-order valence-corrected chi connectivity index (χ2v) is 14.5. The number of aliphatic hydroxyl groups is 1. The summed E-state index contributed by atoms with van der Waals surface area (Å²) in [5, 5.41) is 16.0. The topological polar surface area (TPSA) is 173 Å². The number of benzene rings is 1. The molecule has 1 amide bonds. The van der Waals surface area contributed by atoms with E-state index in [2.05, 4.69) is 14.4 Å². The van der Waals surface area contributed by atoms with E-state index in [1.165, 1.54) is 19.6 Å². The van der Waals surface area contributed by atoms with Crippen molar-refractivity contribution in [2.75, 3.05) is 25.8 Å². The van der Waals surface area contributed by atoms with Crippen LogP contribution in [0.1, 0.15) is 24.0 Å². The highest BCUT2D eigenvalue weighted by molar-refractivity contribution is 7.91. The summed E-state index contributed by atoms with van der Waals surface area (Å²) in [4.78, 5) is 15.5. The quantitative estimate of drug-likeness (QED) is 0.393. The molecule has 2 fully saturated rings. The van der Waals surface area contributed by atoms with Crippen LogP contribution in [0.15, 0.2) is 44.2 Å². The predicted octanol–water partition coefficient (Wildman–Crippen LogP) is 1.73. The number of anilines is 1. The van der Waals surface area contributed by atoms with Gasteiger partial charge < -0.3 is 29.5 Å². The molecule has 4 aliphatic heterocycles. The summed E-state index contributed by atoms with van der Waals surface area (Å²) in [7, 11) is -4.87. The van der Waals surface area contributed by atoms with E-state index >= 15 is 0 Å². The van der Waals surface area contributed by atoms with Crippen LogP contribution in [0, 0.1) is 5.92 Å². The second-order valence-electron chi connectivity index (χ2n) is 10.2. The van der Waals surface area contributed by atoms with Gasteiger partial charge in [0.25, 0.3) is 15.9 Å². The van der Waals surface area contributed by atoms with Crippen molar-refractivity contribution in [3.63, 3.8) is 0 Å². The van der Waals surface area contributed by atoms with Crippen LogP contribution >= 0.6 is 11.3 Å². The molecule has 0 aliphatic carbocycles. The van der Waals surface area contributed by atoms with Gasteiger partial charge in [0.15, 0.2) is 5.84 Å². The van der Waals surface area contributed by atoms with Gasteiger partial charge in [0.2, 0.25) is 10.0 Å². The molecule has 2 bridgehead atoms. The van der Waals surface area contributed by atoms with Gasteiger partial charge in [-0.25, -0.2) is 13.1 Å². The molecule has 0 radical (unpaired) electrons. The van der Waals surface area contributed by atoms with Crippen molar-refractivity contribution in [1.29, 1.82) is 0 Å². The van der Waals surface area contributed by atoms with Crippen LogP contribution in [0.25, 0.3) is 0 Å². The average molecular weight is 625 g/mol. The smallest absolute Gasteiger partial charge is 0.287 e. The molecule has 1 aromatic heterocycles. The monoisotopic (exact) mass is 624 g/mol. The molecule has 0 spiro atoms. The first-order valence-electron chi connectivity index (χ1n) is 12.7. The van der Waals surface area contributed by atoms with Crippen LogP contribution in [0.5, 0.6) is 11.5 Å². The first kappa shape index (κ1) is 28.0. The Balaban J connectivity index is 1.39. The molecule has 2 aromatic rings. The lowest BCUT2D eigenvalue weighted by Crippen LogP contribution is -2.55. The highest BCUT2D eigenvalue weighted by Gasteiger charge is 2.58. The third kappa shape index (κ3) is 4.76. The molecule has 4 aliphatic rings. The van der Waals surface area contributed by atoms with Crippen LogP contribution in [-0.2, 0) is 42.7 Å². The zero-order chi connectivity index (χ0) is 29.3. The zero-order valence-electron chi connectivity index (χ0n) is 22.3. The molecule has 6 rings (SSSR count). The van der Waals surface area contributed by atoms with Crippen LogP contribution < -0.4 is 19.5 Å². The summed E-state index contributed by atoms with van der Waals surface area (Å²) in [6, 6.07) is 4.80. The van der Waals surface area contributed by atoms with E-state index in [1.54, 1.807) is 23.1 Å². The molecule has 5 heterocycles. The van der Waals surface area contributed by atoms with Gasteiger partial charge in [-0.05, 0) is 30.4 Å². The van der Waals surface area contributed by atoms with E-state index in [9.17, 15) is 26.7 Å². The number of ether oxygens (including phenoxy) is 3. The van der Waals surface area contributed by atoms with Crippen molar-refractivity contribution in [3.8, 4) is 11.5 Å². The second kappa shape index (κ2) is 9.97. The number of carbonyl (C=O) groups excluding carboxylic acids is 1. The number of nitrogens with zero attached hydrogens (tertiary/aromatic N) is 2. The molecule has 220 valence electrons. The van der Waals surface area contributed by atoms with E-state index in [0.29, 0.717) is 23.5 Å². The maximum Gasteiger partial charge on any atom is 0.287 e. The Kier molecular flexibility index (Phi) is 6.80. The number of amides is 1. The Morgan fingerprint density at radius 1 is 1.22 bits per heavy atom. The molecule has 0 saturated carbocycles. The lowest BCUT2D eigenvalue weighted by molar-refractivity contribution is -0.133. The van der Waals surface area contributed by atoms with E-state index in [1.807, 2.05) is 0 Å². The lowest BCUT2D eigenvalue weighted by atomic mass is 9.77. The maximum absolute atomic E-state index is 14.1. The summed E-state index contributed by atoms with van der Waals surface area (Å²) < 4.78 is 72.9. The van der Waals surface area contributed by atoms with Gasteiger partial charge in [-0.1, -0.05) is 0 Å². The SMILES string of the molecule is COc1ccc(CN2C(=O)C(C3=NS(=O)(=O)c4c(CNS(C)(=O)=O)csc4N3)=C(O)C3C4CCC(O4)C32)c(OC)c1. The van der Waals surface area contributed by atoms with Crippen molar-refractivity contribution in [3.05, 3.63) is 46.0 Å². The number of sulfonamides is 2. The zero-order valence-corrected chi connectivity index (χ0v) is 24.7. The van der Waals surface area contributed by atoms with Gasteiger partial charge in [0, 0.05) is 23.7 Å². The summed E-state index contributed by atoms with van der Waals surface area (Å²) in [6.07, 6.45) is 1.79. The van der Waals surface area contributed by atoms with Crippen molar-refractivity contribution < 1.29 is 40.9 Å². The Bertz CT molecular complexity index is 1710. The van der Waals surface area contributed by atoms with E-state index < -0.39 is 37.9 Å². The molecular weight excluding hydrogens is 596 g/mol. The lowest BCUT2D eigenvalue weighted by Gasteiger charge is -2.42. The fourth-order valence-electron chi connectivity index (χ4n) is 6.00. The number of aliphatic hydroxyl groups excluding tert-OH is 1. The fourth-order valence-corrected chi connectivity index (χ4v) is 9.02. The number of carbonyl (C=O) groups is 1. The largest absolute Gasteiger partial charge is 0.511 e. The maximum atomic E-state index is 14.1. The van der Waals surface area contributed by atoms with Crippen molar-refractivity contribution in [1.82, 2.24) is 9.62 Å². The summed E-state index contributed by atoms with van der Waals surface area (Å²) >= 11 is 1.03. The van der Waals surface area contributed by atoms with E-state index in [0.717, 1.165) is 24.0 Å². The number of hydrogen-bond acceptors (Lipinski definition) is 11. The number of rotatable bonds is 8. The van der Waals surface area contributed by atoms with Crippen molar-refractivity contribution in [2.45, 2.75) is 49.1 Å². The van der Waals surface area contributed by atoms with E-state index in [-0.39, 0.29) is 57.9 Å². The minimum Gasteiger partial charge on any atom is -0.511 e. The average Bonchev–Trinajstić information content (AvgIpc) is 3.64. The standard InChI is InChI=1S/C25H28N4O9S3/c1-36-14-5-4-12(17(8-14)37-2)10-29-20-16-7-6-15(38-16)18(20)21(30)19(25(29)31)23-27-24-22(41(34,35)28-23)13(11-39-24)9-26-40(3,32)33/h4-5,8,11,15-16,18,20,26,30H,6-7,9-10H2,1-3H3,(H,27,28). The van der Waals surface area contributed by atoms with Gasteiger partial charge in [0.05, 0.1) is 51.2 Å². The minimum absolute atomic E-state index is 0.113.